The molecule has 1 fully saturated rings. The summed E-state index contributed by atoms with van der Waals surface area (Å²) in [5, 5.41) is 3.58. The van der Waals surface area contributed by atoms with Crippen LogP contribution in [0.4, 0.5) is 0 Å². The quantitative estimate of drug-likeness (QED) is 0.925. The number of hydrogen-bond donors (Lipinski definition) is 1. The third kappa shape index (κ3) is 2.87. The van der Waals surface area contributed by atoms with Gasteiger partial charge in [-0.15, -0.1) is 0 Å². The minimum absolute atomic E-state index is 0.350. The third-order valence-corrected chi connectivity index (χ3v) is 5.20. The van der Waals surface area contributed by atoms with Gasteiger partial charge in [0.25, 0.3) is 0 Å². The van der Waals surface area contributed by atoms with Crippen molar-refractivity contribution in [2.24, 2.45) is 0 Å². The number of morpholine rings is 1. The molecular weight excluding hydrogens is 260 g/mol. The fraction of sp³-hybridized carbons (Fsp3) is 0.667. The van der Waals surface area contributed by atoms with Gasteiger partial charge in [0.05, 0.1) is 12.7 Å². The molecule has 3 nitrogen and oxygen atoms in total. The lowest BCUT2D eigenvalue weighted by Gasteiger charge is -2.47. The average Bonchev–Trinajstić information content (AvgIpc) is 2.53. The molecule has 1 aliphatic carbocycles. The van der Waals surface area contributed by atoms with E-state index >= 15 is 0 Å². The molecular formula is C18H28N2O. The van der Waals surface area contributed by atoms with Gasteiger partial charge in [-0.05, 0) is 44.4 Å². The molecule has 1 saturated heterocycles. The Balaban J connectivity index is 1.87. The molecule has 1 N–H and O–H groups in total. The number of nitrogens with one attached hydrogen (secondary N) is 1. The Kier molecular flexibility index (Phi) is 4.63. The minimum atomic E-state index is 0.350. The summed E-state index contributed by atoms with van der Waals surface area (Å²) >= 11 is 0. The van der Waals surface area contributed by atoms with Crippen LogP contribution in [0.25, 0.3) is 0 Å². The highest BCUT2D eigenvalue weighted by molar-refractivity contribution is 5.34. The van der Waals surface area contributed by atoms with Crippen LogP contribution in [0.1, 0.15) is 43.9 Å². The molecule has 3 rings (SSSR count). The summed E-state index contributed by atoms with van der Waals surface area (Å²) in [5.41, 5.74) is 3.01. The van der Waals surface area contributed by atoms with Gasteiger partial charge in [0.1, 0.15) is 0 Å². The minimum Gasteiger partial charge on any atom is -0.376 e. The van der Waals surface area contributed by atoms with Crippen molar-refractivity contribution in [3.8, 4) is 0 Å². The lowest BCUT2D eigenvalue weighted by molar-refractivity contribution is -0.0801. The number of benzene rings is 1. The van der Waals surface area contributed by atoms with Crippen molar-refractivity contribution in [3.05, 3.63) is 35.4 Å². The van der Waals surface area contributed by atoms with Crippen LogP contribution in [-0.4, -0.2) is 43.3 Å². The van der Waals surface area contributed by atoms with Crippen molar-refractivity contribution in [2.75, 3.05) is 20.2 Å². The average molecular weight is 288 g/mol. The van der Waals surface area contributed by atoms with E-state index in [1.807, 2.05) is 0 Å². The summed E-state index contributed by atoms with van der Waals surface area (Å²) in [4.78, 5) is 2.71. The maximum absolute atomic E-state index is 5.88. The zero-order valence-corrected chi connectivity index (χ0v) is 13.5. The summed E-state index contributed by atoms with van der Waals surface area (Å²) in [6.45, 7) is 6.42. The molecule has 116 valence electrons. The molecule has 0 radical (unpaired) electrons. The number of fused-ring (bicyclic) bond motifs is 1. The molecule has 0 saturated carbocycles. The van der Waals surface area contributed by atoms with E-state index in [1.165, 1.54) is 30.4 Å². The molecule has 0 aromatic heterocycles. The van der Waals surface area contributed by atoms with E-state index in [-0.39, 0.29) is 0 Å². The summed E-state index contributed by atoms with van der Waals surface area (Å²) in [6, 6.07) is 10.5. The fourth-order valence-corrected chi connectivity index (χ4v) is 4.08. The second kappa shape index (κ2) is 6.47. The fourth-order valence-electron chi connectivity index (χ4n) is 4.08. The number of rotatable bonds is 3. The molecule has 21 heavy (non-hydrogen) atoms. The van der Waals surface area contributed by atoms with Crippen molar-refractivity contribution < 1.29 is 4.74 Å². The molecule has 3 heteroatoms. The highest BCUT2D eigenvalue weighted by atomic mass is 16.5. The maximum Gasteiger partial charge on any atom is 0.0674 e. The second-order valence-electron chi connectivity index (χ2n) is 6.47. The second-order valence-corrected chi connectivity index (χ2v) is 6.47. The molecule has 4 atom stereocenters. The van der Waals surface area contributed by atoms with Gasteiger partial charge in [0, 0.05) is 24.7 Å². The Morgan fingerprint density at radius 1 is 1.33 bits per heavy atom. The van der Waals surface area contributed by atoms with E-state index in [1.54, 1.807) is 0 Å². The Bertz CT molecular complexity index is 476. The molecule has 0 spiro atoms. The number of aryl methyl sites for hydroxylation is 1. The van der Waals surface area contributed by atoms with Crippen LogP contribution in [0, 0.1) is 0 Å². The van der Waals surface area contributed by atoms with Gasteiger partial charge in [0.2, 0.25) is 0 Å². The van der Waals surface area contributed by atoms with Crippen LogP contribution in [0.5, 0.6) is 0 Å². The van der Waals surface area contributed by atoms with Crippen molar-refractivity contribution >= 4 is 0 Å². The van der Waals surface area contributed by atoms with E-state index in [4.69, 9.17) is 4.74 Å². The monoisotopic (exact) mass is 288 g/mol. The van der Waals surface area contributed by atoms with Crippen LogP contribution in [0.15, 0.2) is 24.3 Å². The Labute approximate surface area is 128 Å². The van der Waals surface area contributed by atoms with Crippen LogP contribution in [-0.2, 0) is 11.2 Å². The van der Waals surface area contributed by atoms with Crippen LogP contribution >= 0.6 is 0 Å². The topological polar surface area (TPSA) is 24.5 Å². The van der Waals surface area contributed by atoms with E-state index in [2.05, 4.69) is 55.4 Å². The predicted molar refractivity (Wildman–Crippen MR) is 86.6 cm³/mol. The molecule has 1 aliphatic heterocycles. The molecule has 1 heterocycles. The van der Waals surface area contributed by atoms with Crippen molar-refractivity contribution in [1.29, 1.82) is 0 Å². The first-order valence-corrected chi connectivity index (χ1v) is 8.37. The maximum atomic E-state index is 5.88. The van der Waals surface area contributed by atoms with Gasteiger partial charge in [-0.1, -0.05) is 31.2 Å². The Hall–Kier alpha value is -0.900. The van der Waals surface area contributed by atoms with Crippen LogP contribution in [0.3, 0.4) is 0 Å². The smallest absolute Gasteiger partial charge is 0.0674 e. The Morgan fingerprint density at radius 3 is 2.90 bits per heavy atom. The Morgan fingerprint density at radius 2 is 2.14 bits per heavy atom. The highest BCUT2D eigenvalue weighted by Gasteiger charge is 2.37. The van der Waals surface area contributed by atoms with E-state index < -0.39 is 0 Å². The summed E-state index contributed by atoms with van der Waals surface area (Å²) in [7, 11) is 2.10. The van der Waals surface area contributed by atoms with Crippen molar-refractivity contribution in [1.82, 2.24) is 10.2 Å². The molecule has 4 unspecified atom stereocenters. The van der Waals surface area contributed by atoms with E-state index in [9.17, 15) is 0 Å². The zero-order chi connectivity index (χ0) is 14.8. The van der Waals surface area contributed by atoms with Crippen molar-refractivity contribution in [2.45, 2.75) is 57.3 Å². The van der Waals surface area contributed by atoms with Gasteiger partial charge in [-0.2, -0.15) is 0 Å². The molecule has 2 aliphatic rings. The number of hydrogen-bond acceptors (Lipinski definition) is 3. The lowest BCUT2D eigenvalue weighted by atomic mass is 9.82. The first-order chi connectivity index (χ1) is 10.2. The third-order valence-electron chi connectivity index (χ3n) is 5.20. The molecule has 0 bridgehead atoms. The molecule has 1 aromatic carbocycles. The normalized spacial score (nSPS) is 33.7. The number of ether oxygens (including phenoxy) is 1. The SMILES string of the molecule is CCC1COC(C)CN1C1CCc2ccccc2C1NC. The standard InChI is InChI=1S/C18H28N2O/c1-4-15-12-21-13(2)11-20(15)17-10-9-14-7-5-6-8-16(14)18(17)19-3/h5-8,13,15,17-19H,4,9-12H2,1-3H3. The summed E-state index contributed by atoms with van der Waals surface area (Å²) in [5.74, 6) is 0. The van der Waals surface area contributed by atoms with Crippen molar-refractivity contribution in [3.63, 3.8) is 0 Å². The van der Waals surface area contributed by atoms with E-state index in [0.717, 1.165) is 13.2 Å². The predicted octanol–water partition coefficient (Wildman–Crippen LogP) is 2.76. The van der Waals surface area contributed by atoms with Gasteiger partial charge in [-0.25, -0.2) is 0 Å². The van der Waals surface area contributed by atoms with Gasteiger partial charge in [-0.3, -0.25) is 4.90 Å². The number of likely N-dealkylation sites (N-methyl/N-ethyl adjacent to an activating group) is 1. The first kappa shape index (κ1) is 15.0. The van der Waals surface area contributed by atoms with Gasteiger partial charge in [0.15, 0.2) is 0 Å². The summed E-state index contributed by atoms with van der Waals surface area (Å²) in [6.07, 6.45) is 3.95. The molecule has 0 amide bonds. The van der Waals surface area contributed by atoms with Gasteiger partial charge < -0.3 is 10.1 Å². The summed E-state index contributed by atoms with van der Waals surface area (Å²) < 4.78 is 5.88. The van der Waals surface area contributed by atoms with Gasteiger partial charge >= 0.3 is 0 Å². The zero-order valence-electron chi connectivity index (χ0n) is 13.5. The van der Waals surface area contributed by atoms with E-state index in [0.29, 0.717) is 24.2 Å². The largest absolute Gasteiger partial charge is 0.376 e. The molecule has 1 aromatic rings. The highest BCUT2D eigenvalue weighted by Crippen LogP contribution is 2.35. The van der Waals surface area contributed by atoms with Crippen LogP contribution in [0.2, 0.25) is 0 Å². The lowest BCUT2D eigenvalue weighted by Crippen LogP contribution is -2.57. The number of nitrogens with zero attached hydrogens (tertiary/aromatic N) is 1. The van der Waals surface area contributed by atoms with Crippen LogP contribution < -0.4 is 5.32 Å². The first-order valence-electron chi connectivity index (χ1n) is 8.37.